The maximum absolute atomic E-state index is 12.2. The van der Waals surface area contributed by atoms with Crippen LogP contribution in [-0.2, 0) is 16.4 Å². The van der Waals surface area contributed by atoms with Gasteiger partial charge in [-0.15, -0.1) is 24.0 Å². The molecule has 1 saturated heterocycles. The summed E-state index contributed by atoms with van der Waals surface area (Å²) in [5.74, 6) is 1.43. The van der Waals surface area contributed by atoms with Gasteiger partial charge in [0.1, 0.15) is 0 Å². The van der Waals surface area contributed by atoms with Crippen LogP contribution in [0.25, 0.3) is 0 Å². The Balaban J connectivity index is 0.00000312. The van der Waals surface area contributed by atoms with E-state index in [0.717, 1.165) is 18.1 Å². The fourth-order valence-corrected chi connectivity index (χ4v) is 3.94. The highest BCUT2D eigenvalue weighted by atomic mass is 127. The fourth-order valence-electron chi connectivity index (χ4n) is 2.58. The molecule has 7 nitrogen and oxygen atoms in total. The highest BCUT2D eigenvalue weighted by molar-refractivity contribution is 14.0. The molecular weight excluding hydrogens is 455 g/mol. The largest absolute Gasteiger partial charge is 0.481 e. The third-order valence-electron chi connectivity index (χ3n) is 4.10. The van der Waals surface area contributed by atoms with Crippen LogP contribution in [0, 0.1) is 0 Å². The van der Waals surface area contributed by atoms with Crippen molar-refractivity contribution in [3.05, 3.63) is 23.9 Å². The van der Waals surface area contributed by atoms with E-state index in [4.69, 9.17) is 4.74 Å². The zero-order chi connectivity index (χ0) is 17.8. The smallest absolute Gasteiger partial charge is 0.213 e. The number of nitrogens with zero attached hydrogens (tertiary/aromatic N) is 3. The SMILES string of the molecule is CCNC(=NCc1ccnc(OC)c1)N1CCS(=O)(=O)C(C)(C)C1.I. The molecule has 0 aromatic carbocycles. The lowest BCUT2D eigenvalue weighted by Gasteiger charge is -2.39. The molecule has 0 radical (unpaired) electrons. The molecule has 0 atom stereocenters. The summed E-state index contributed by atoms with van der Waals surface area (Å²) in [6.45, 7) is 7.62. The first-order chi connectivity index (χ1) is 11.3. The van der Waals surface area contributed by atoms with Crippen LogP contribution in [0.1, 0.15) is 26.3 Å². The van der Waals surface area contributed by atoms with Gasteiger partial charge >= 0.3 is 0 Å². The first-order valence-corrected chi connectivity index (χ1v) is 9.69. The summed E-state index contributed by atoms with van der Waals surface area (Å²) in [4.78, 5) is 10.7. The summed E-state index contributed by atoms with van der Waals surface area (Å²) in [5.41, 5.74) is 0.987. The number of nitrogens with one attached hydrogen (secondary N) is 1. The molecule has 0 aliphatic carbocycles. The molecule has 142 valence electrons. The Labute approximate surface area is 167 Å². The summed E-state index contributed by atoms with van der Waals surface area (Å²) < 4.78 is 28.7. The minimum absolute atomic E-state index is 0. The number of halogens is 1. The minimum atomic E-state index is -3.07. The van der Waals surface area contributed by atoms with Gasteiger partial charge in [-0.1, -0.05) is 0 Å². The van der Waals surface area contributed by atoms with Gasteiger partial charge in [0.25, 0.3) is 0 Å². The predicted octanol–water partition coefficient (Wildman–Crippen LogP) is 1.68. The van der Waals surface area contributed by atoms with Crippen LogP contribution in [0.5, 0.6) is 5.88 Å². The van der Waals surface area contributed by atoms with E-state index in [1.165, 1.54) is 0 Å². The van der Waals surface area contributed by atoms with Crippen molar-refractivity contribution in [1.82, 2.24) is 15.2 Å². The molecule has 1 aromatic heterocycles. The van der Waals surface area contributed by atoms with Gasteiger partial charge in [-0.3, -0.25) is 0 Å². The van der Waals surface area contributed by atoms with Crippen molar-refractivity contribution in [2.45, 2.75) is 32.1 Å². The number of sulfone groups is 1. The normalized spacial score (nSPS) is 19.0. The lowest BCUT2D eigenvalue weighted by molar-refractivity contribution is 0.353. The molecule has 0 saturated carbocycles. The second-order valence-corrected chi connectivity index (χ2v) is 9.12. The number of ether oxygens (including phenoxy) is 1. The number of pyridine rings is 1. The van der Waals surface area contributed by atoms with E-state index in [2.05, 4.69) is 15.3 Å². The average Bonchev–Trinajstić information content (AvgIpc) is 2.54. The zero-order valence-electron chi connectivity index (χ0n) is 15.2. The molecule has 0 spiro atoms. The zero-order valence-corrected chi connectivity index (χ0v) is 18.3. The Bertz CT molecular complexity index is 707. The third-order valence-corrected chi connectivity index (χ3v) is 6.63. The van der Waals surface area contributed by atoms with Crippen LogP contribution in [-0.4, -0.2) is 61.5 Å². The van der Waals surface area contributed by atoms with E-state index in [1.807, 2.05) is 24.0 Å². The summed E-state index contributed by atoms with van der Waals surface area (Å²) >= 11 is 0. The van der Waals surface area contributed by atoms with Gasteiger partial charge in [0.15, 0.2) is 15.8 Å². The van der Waals surface area contributed by atoms with Crippen LogP contribution in [0.3, 0.4) is 0 Å². The molecule has 25 heavy (non-hydrogen) atoms. The van der Waals surface area contributed by atoms with E-state index >= 15 is 0 Å². The van der Waals surface area contributed by atoms with E-state index in [-0.39, 0.29) is 29.7 Å². The fraction of sp³-hybridized carbons (Fsp3) is 0.625. The van der Waals surface area contributed by atoms with Gasteiger partial charge in [0.05, 0.1) is 24.2 Å². The Morgan fingerprint density at radius 1 is 1.48 bits per heavy atom. The molecule has 2 heterocycles. The number of rotatable bonds is 4. The van der Waals surface area contributed by atoms with Gasteiger partial charge in [-0.25, -0.2) is 18.4 Å². The molecule has 1 N–H and O–H groups in total. The average molecular weight is 482 g/mol. The maximum atomic E-state index is 12.2. The number of aromatic nitrogens is 1. The van der Waals surface area contributed by atoms with Crippen molar-refractivity contribution in [2.75, 3.05) is 32.5 Å². The van der Waals surface area contributed by atoms with E-state index in [9.17, 15) is 8.42 Å². The summed E-state index contributed by atoms with van der Waals surface area (Å²) in [5, 5.41) is 3.25. The molecule has 1 aromatic rings. The molecule has 0 bridgehead atoms. The van der Waals surface area contributed by atoms with E-state index in [1.54, 1.807) is 27.2 Å². The highest BCUT2D eigenvalue weighted by Gasteiger charge is 2.40. The third kappa shape index (κ3) is 5.44. The second-order valence-electron chi connectivity index (χ2n) is 6.38. The minimum Gasteiger partial charge on any atom is -0.481 e. The van der Waals surface area contributed by atoms with Gasteiger partial charge < -0.3 is 15.0 Å². The van der Waals surface area contributed by atoms with Crippen LogP contribution in [0.15, 0.2) is 23.3 Å². The van der Waals surface area contributed by atoms with Gasteiger partial charge in [0, 0.05) is 31.9 Å². The molecule has 0 unspecified atom stereocenters. The Morgan fingerprint density at radius 3 is 2.80 bits per heavy atom. The van der Waals surface area contributed by atoms with E-state index in [0.29, 0.717) is 25.5 Å². The summed E-state index contributed by atoms with van der Waals surface area (Å²) in [6, 6.07) is 3.73. The summed E-state index contributed by atoms with van der Waals surface area (Å²) in [7, 11) is -1.49. The molecule has 1 aliphatic rings. The topological polar surface area (TPSA) is 83.9 Å². The molecule has 9 heteroatoms. The number of hydrogen-bond acceptors (Lipinski definition) is 5. The van der Waals surface area contributed by atoms with Crippen LogP contribution in [0.2, 0.25) is 0 Å². The molecular formula is C16H27IN4O3S. The number of guanidine groups is 1. The van der Waals surface area contributed by atoms with E-state index < -0.39 is 14.6 Å². The predicted molar refractivity (Wildman–Crippen MR) is 110 cm³/mol. The standard InChI is InChI=1S/C16H26N4O3S.HI/c1-5-17-15(19-11-13-6-7-18-14(10-13)23-4)20-8-9-24(21,22)16(2,3)12-20;/h6-7,10H,5,8-9,11-12H2,1-4H3,(H,17,19);1H. The Kier molecular flexibility index (Phi) is 7.91. The Morgan fingerprint density at radius 2 is 2.20 bits per heavy atom. The van der Waals surface area contributed by atoms with Crippen molar-refractivity contribution in [3.8, 4) is 5.88 Å². The van der Waals surface area contributed by atoms with Gasteiger partial charge in [-0.2, -0.15) is 0 Å². The lowest BCUT2D eigenvalue weighted by Crippen LogP contribution is -2.57. The van der Waals surface area contributed by atoms with Crippen LogP contribution >= 0.6 is 24.0 Å². The first-order valence-electron chi connectivity index (χ1n) is 8.03. The lowest BCUT2D eigenvalue weighted by atomic mass is 10.2. The monoisotopic (exact) mass is 482 g/mol. The van der Waals surface area contributed by atoms with Crippen molar-refractivity contribution in [2.24, 2.45) is 4.99 Å². The van der Waals surface area contributed by atoms with Gasteiger partial charge in [-0.05, 0) is 32.4 Å². The second kappa shape index (κ2) is 9.02. The quantitative estimate of drug-likeness (QED) is 0.400. The Hall–Kier alpha value is -1.10. The molecule has 1 fully saturated rings. The highest BCUT2D eigenvalue weighted by Crippen LogP contribution is 2.23. The van der Waals surface area contributed by atoms with Crippen LogP contribution < -0.4 is 10.1 Å². The van der Waals surface area contributed by atoms with Crippen molar-refractivity contribution >= 4 is 39.8 Å². The van der Waals surface area contributed by atoms with Crippen molar-refractivity contribution in [1.29, 1.82) is 0 Å². The molecule has 0 amide bonds. The van der Waals surface area contributed by atoms with Crippen molar-refractivity contribution < 1.29 is 13.2 Å². The van der Waals surface area contributed by atoms with Crippen LogP contribution in [0.4, 0.5) is 0 Å². The van der Waals surface area contributed by atoms with Gasteiger partial charge in [0.2, 0.25) is 5.88 Å². The number of methoxy groups -OCH3 is 1. The number of hydrogen-bond donors (Lipinski definition) is 1. The maximum Gasteiger partial charge on any atom is 0.213 e. The first kappa shape index (κ1) is 21.9. The van der Waals surface area contributed by atoms with Crippen molar-refractivity contribution in [3.63, 3.8) is 0 Å². The summed E-state index contributed by atoms with van der Waals surface area (Å²) in [6.07, 6.45) is 1.69. The molecule has 1 aliphatic heterocycles. The molecule has 2 rings (SSSR count). The number of aliphatic imine (C=N–C) groups is 1.